The van der Waals surface area contributed by atoms with Crippen molar-refractivity contribution < 1.29 is 0 Å². The van der Waals surface area contributed by atoms with E-state index in [-0.39, 0.29) is 24.4 Å². The lowest BCUT2D eigenvalue weighted by Gasteiger charge is -2.39. The molecule has 3 aliphatic rings. The van der Waals surface area contributed by atoms with Crippen LogP contribution in [0.25, 0.3) is 0 Å². The second kappa shape index (κ2) is 9.00. The minimum absolute atomic E-state index is 0.0691. The Kier molecular flexibility index (Phi) is 5.89. The molecule has 178 valence electrons. The number of nitrogens with one attached hydrogen (secondary N) is 2. The molecule has 0 bridgehead atoms. The van der Waals surface area contributed by atoms with Crippen LogP contribution in [-0.4, -0.2) is 51.8 Å². The highest BCUT2D eigenvalue weighted by Crippen LogP contribution is 2.32. The van der Waals surface area contributed by atoms with Gasteiger partial charge in [-0.1, -0.05) is 24.1 Å². The van der Waals surface area contributed by atoms with Crippen molar-refractivity contribution in [2.24, 2.45) is 17.8 Å². The second-order valence-electron chi connectivity index (χ2n) is 8.95. The van der Waals surface area contributed by atoms with Crippen molar-refractivity contribution in [3.05, 3.63) is 50.7 Å². The molecule has 34 heavy (non-hydrogen) atoms. The van der Waals surface area contributed by atoms with Crippen LogP contribution in [0.4, 0.5) is 17.2 Å². The number of nitrogens with zero attached hydrogens (tertiary/aromatic N) is 5. The molecule has 4 heterocycles. The normalized spacial score (nSPS) is 21.5. The second-order valence-corrected chi connectivity index (χ2v) is 8.95. The zero-order valence-electron chi connectivity index (χ0n) is 19.5. The van der Waals surface area contributed by atoms with Gasteiger partial charge in [-0.2, -0.15) is 0 Å². The van der Waals surface area contributed by atoms with E-state index in [1.807, 2.05) is 29.2 Å². The van der Waals surface area contributed by atoms with Gasteiger partial charge >= 0.3 is 5.69 Å². The summed E-state index contributed by atoms with van der Waals surface area (Å²) >= 11 is 0. The molecule has 3 aliphatic heterocycles. The van der Waals surface area contributed by atoms with E-state index in [9.17, 15) is 9.59 Å². The number of hydrogen-bond donors (Lipinski definition) is 3. The van der Waals surface area contributed by atoms with Crippen LogP contribution >= 0.6 is 0 Å². The lowest BCUT2D eigenvalue weighted by atomic mass is 10.1. The molecule has 2 atom stereocenters. The number of amidine groups is 1. The molecular formula is C24H30N8O2. The molecule has 1 saturated heterocycles. The maximum Gasteiger partial charge on any atom is 0.332 e. The Balaban J connectivity index is 1.51. The summed E-state index contributed by atoms with van der Waals surface area (Å²) in [7, 11) is 1.68. The number of nitrogens with two attached hydrogens (primary N) is 1. The first kappa shape index (κ1) is 22.3. The molecule has 5 rings (SSSR count). The van der Waals surface area contributed by atoms with Gasteiger partial charge in [0.05, 0.1) is 19.6 Å². The number of anilines is 3. The van der Waals surface area contributed by atoms with Gasteiger partial charge in [0.15, 0.2) is 6.29 Å². The summed E-state index contributed by atoms with van der Waals surface area (Å²) < 4.78 is 2.75. The van der Waals surface area contributed by atoms with E-state index in [0.29, 0.717) is 37.0 Å². The van der Waals surface area contributed by atoms with Gasteiger partial charge in [-0.15, -0.1) is 5.92 Å². The number of aromatic nitrogens is 2. The van der Waals surface area contributed by atoms with E-state index in [0.717, 1.165) is 30.6 Å². The molecule has 10 nitrogen and oxygen atoms in total. The van der Waals surface area contributed by atoms with Crippen LogP contribution in [0, 0.1) is 11.8 Å². The number of para-hydroxylation sites is 1. The molecule has 0 amide bonds. The SMILES string of the molecule is CC#CCN1c2c(n(C)c(=O)n(CC3=NCc4ccccc4N3)c2=O)NC1N1CCCC(N)C1. The molecule has 1 aromatic carbocycles. The van der Waals surface area contributed by atoms with Gasteiger partial charge in [-0.25, -0.2) is 4.79 Å². The maximum atomic E-state index is 13.7. The molecule has 0 radical (unpaired) electrons. The standard InChI is InChI=1S/C24H30N8O2/c1-3-4-12-31-20-21(28-23(31)30-11-7-9-17(25)14-30)29(2)24(34)32(22(20)33)15-19-26-13-16-8-5-6-10-18(16)27-19/h5-6,8,10,17,23,28H,7,9,11-15,25H2,1-2H3,(H,26,27). The molecule has 1 aromatic heterocycles. The van der Waals surface area contributed by atoms with E-state index in [4.69, 9.17) is 5.73 Å². The molecule has 0 spiro atoms. The fourth-order valence-electron chi connectivity index (χ4n) is 4.91. The number of rotatable bonds is 4. The predicted octanol–water partition coefficient (Wildman–Crippen LogP) is 0.533. The molecule has 2 aromatic rings. The number of aliphatic imine (C=N–C) groups is 1. The average molecular weight is 463 g/mol. The van der Waals surface area contributed by atoms with Crippen LogP contribution in [-0.2, 0) is 20.1 Å². The minimum Gasteiger partial charge on any atom is -0.342 e. The zero-order chi connectivity index (χ0) is 23.8. The Hall–Kier alpha value is -3.55. The van der Waals surface area contributed by atoms with Crippen LogP contribution in [0.3, 0.4) is 0 Å². The lowest BCUT2D eigenvalue weighted by molar-refractivity contribution is 0.165. The van der Waals surface area contributed by atoms with Gasteiger partial charge in [0.25, 0.3) is 5.56 Å². The third-order valence-electron chi connectivity index (χ3n) is 6.68. The van der Waals surface area contributed by atoms with Crippen LogP contribution in [0.5, 0.6) is 0 Å². The van der Waals surface area contributed by atoms with Gasteiger partial charge in [0.2, 0.25) is 0 Å². The van der Waals surface area contributed by atoms with Gasteiger partial charge in [0, 0.05) is 31.9 Å². The molecule has 0 saturated carbocycles. The average Bonchev–Trinajstić information content (AvgIpc) is 3.23. The highest BCUT2D eigenvalue weighted by Gasteiger charge is 2.39. The van der Waals surface area contributed by atoms with Crippen LogP contribution < -0.4 is 32.5 Å². The highest BCUT2D eigenvalue weighted by molar-refractivity contribution is 5.97. The zero-order valence-corrected chi connectivity index (χ0v) is 19.5. The third kappa shape index (κ3) is 3.87. The summed E-state index contributed by atoms with van der Waals surface area (Å²) in [4.78, 5) is 35.7. The third-order valence-corrected chi connectivity index (χ3v) is 6.68. The first-order chi connectivity index (χ1) is 16.5. The largest absolute Gasteiger partial charge is 0.342 e. The quantitative estimate of drug-likeness (QED) is 0.568. The first-order valence-electron chi connectivity index (χ1n) is 11.6. The topological polar surface area (TPSA) is 113 Å². The summed E-state index contributed by atoms with van der Waals surface area (Å²) in [6, 6.07) is 7.97. The molecule has 0 aliphatic carbocycles. The van der Waals surface area contributed by atoms with Gasteiger partial charge in [-0.05, 0) is 31.4 Å². The van der Waals surface area contributed by atoms with Crippen molar-refractivity contribution in [2.75, 3.05) is 35.2 Å². The smallest absolute Gasteiger partial charge is 0.332 e. The van der Waals surface area contributed by atoms with Crippen molar-refractivity contribution in [2.45, 2.75) is 45.2 Å². The van der Waals surface area contributed by atoms with Gasteiger partial charge in [0.1, 0.15) is 17.3 Å². The summed E-state index contributed by atoms with van der Waals surface area (Å²) in [5.74, 6) is 7.11. The highest BCUT2D eigenvalue weighted by atomic mass is 16.2. The Morgan fingerprint density at radius 2 is 2.09 bits per heavy atom. The van der Waals surface area contributed by atoms with Gasteiger partial charge in [-0.3, -0.25) is 23.8 Å². The monoisotopic (exact) mass is 462 g/mol. The number of piperidine rings is 1. The molecule has 4 N–H and O–H groups in total. The summed E-state index contributed by atoms with van der Waals surface area (Å²) in [5.41, 5.74) is 7.97. The van der Waals surface area contributed by atoms with Crippen LogP contribution in [0.15, 0.2) is 38.8 Å². The number of fused-ring (bicyclic) bond motifs is 2. The Morgan fingerprint density at radius 3 is 2.88 bits per heavy atom. The number of likely N-dealkylation sites (tertiary alicyclic amines) is 1. The molecular weight excluding hydrogens is 432 g/mol. The van der Waals surface area contributed by atoms with E-state index in [2.05, 4.69) is 32.4 Å². The Morgan fingerprint density at radius 1 is 1.26 bits per heavy atom. The van der Waals surface area contributed by atoms with Gasteiger partial charge < -0.3 is 21.3 Å². The summed E-state index contributed by atoms with van der Waals surface area (Å²) in [5, 5.41) is 6.68. The van der Waals surface area contributed by atoms with Crippen molar-refractivity contribution in [3.63, 3.8) is 0 Å². The maximum absolute atomic E-state index is 13.7. The Bertz CT molecular complexity index is 1310. The summed E-state index contributed by atoms with van der Waals surface area (Å²) in [6.07, 6.45) is 1.68. The van der Waals surface area contributed by atoms with Crippen LogP contribution in [0.2, 0.25) is 0 Å². The van der Waals surface area contributed by atoms with E-state index < -0.39 is 5.69 Å². The molecule has 2 unspecified atom stereocenters. The first-order valence-corrected chi connectivity index (χ1v) is 11.6. The number of benzene rings is 1. The van der Waals surface area contributed by atoms with Crippen molar-refractivity contribution >= 4 is 23.0 Å². The number of hydrogen-bond acceptors (Lipinski definition) is 8. The van der Waals surface area contributed by atoms with E-state index in [1.54, 1.807) is 14.0 Å². The minimum atomic E-state index is -0.392. The van der Waals surface area contributed by atoms with Crippen molar-refractivity contribution in [1.82, 2.24) is 14.0 Å². The van der Waals surface area contributed by atoms with Crippen LogP contribution in [0.1, 0.15) is 25.3 Å². The van der Waals surface area contributed by atoms with E-state index >= 15 is 0 Å². The predicted molar refractivity (Wildman–Crippen MR) is 134 cm³/mol. The van der Waals surface area contributed by atoms with Crippen molar-refractivity contribution in [3.8, 4) is 11.8 Å². The fraction of sp³-hybridized carbons (Fsp3) is 0.458. The molecule has 1 fully saturated rings. The Labute approximate surface area is 198 Å². The van der Waals surface area contributed by atoms with E-state index in [1.165, 1.54) is 9.13 Å². The van der Waals surface area contributed by atoms with Crippen molar-refractivity contribution in [1.29, 1.82) is 0 Å². The summed E-state index contributed by atoms with van der Waals surface area (Å²) in [6.45, 7) is 4.30. The fourth-order valence-corrected chi connectivity index (χ4v) is 4.91. The lowest BCUT2D eigenvalue weighted by Crippen LogP contribution is -2.56. The molecule has 10 heteroatoms.